The van der Waals surface area contributed by atoms with Crippen molar-refractivity contribution in [1.29, 1.82) is 0 Å². The number of nitrogens with two attached hydrogens (primary N) is 1. The fraction of sp³-hybridized carbons (Fsp3) is 0.333. The van der Waals surface area contributed by atoms with Crippen LogP contribution < -0.4 is 5.73 Å². The van der Waals surface area contributed by atoms with Gasteiger partial charge in [0.05, 0.1) is 11.4 Å². The van der Waals surface area contributed by atoms with Crippen LogP contribution in [0.2, 0.25) is 5.02 Å². The van der Waals surface area contributed by atoms with Crippen LogP contribution in [0.1, 0.15) is 11.1 Å². The van der Waals surface area contributed by atoms with Crippen molar-refractivity contribution < 1.29 is 8.42 Å². The summed E-state index contributed by atoms with van der Waals surface area (Å²) in [5, 5.41) is 0.341. The normalized spacial score (nSPS) is 11.6. The molecule has 98 valence electrons. The molecule has 1 aromatic carbocycles. The second kappa shape index (κ2) is 5.72. The van der Waals surface area contributed by atoms with E-state index < -0.39 is 10.0 Å². The summed E-state index contributed by atoms with van der Waals surface area (Å²) in [6, 6.07) is 3.08. The molecular weight excluding hydrogens is 272 g/mol. The Labute approximate surface area is 113 Å². The number of nitrogens with zero attached hydrogens (tertiary/aromatic N) is 1. The van der Waals surface area contributed by atoms with Crippen LogP contribution in [0.4, 0.5) is 0 Å². The van der Waals surface area contributed by atoms with Gasteiger partial charge in [-0.15, -0.1) is 6.42 Å². The third kappa shape index (κ3) is 2.85. The van der Waals surface area contributed by atoms with Gasteiger partial charge in [0.2, 0.25) is 10.0 Å². The van der Waals surface area contributed by atoms with Gasteiger partial charge in [0.25, 0.3) is 0 Å². The molecule has 0 bridgehead atoms. The molecule has 0 saturated carbocycles. The highest BCUT2D eigenvalue weighted by molar-refractivity contribution is 7.89. The molecule has 0 aromatic heterocycles. The predicted molar refractivity (Wildman–Crippen MR) is 72.7 cm³/mol. The molecule has 0 fully saturated rings. The maximum atomic E-state index is 12.3. The summed E-state index contributed by atoms with van der Waals surface area (Å²) < 4.78 is 25.7. The minimum atomic E-state index is -3.64. The van der Waals surface area contributed by atoms with Crippen molar-refractivity contribution in [3.8, 4) is 12.3 Å². The number of hydrogen-bond acceptors (Lipinski definition) is 3. The van der Waals surface area contributed by atoms with Gasteiger partial charge in [-0.1, -0.05) is 17.5 Å². The first kappa shape index (κ1) is 15.0. The SMILES string of the molecule is C#CCN(C)S(=O)(=O)c1cc(Cl)cc(CN)c1C. The van der Waals surface area contributed by atoms with E-state index in [4.69, 9.17) is 23.8 Å². The lowest BCUT2D eigenvalue weighted by molar-refractivity contribution is 0.502. The molecule has 0 atom stereocenters. The van der Waals surface area contributed by atoms with Crippen molar-refractivity contribution in [2.24, 2.45) is 5.73 Å². The van der Waals surface area contributed by atoms with Crippen LogP contribution in [0.3, 0.4) is 0 Å². The van der Waals surface area contributed by atoms with Crippen molar-refractivity contribution in [3.63, 3.8) is 0 Å². The molecule has 2 N–H and O–H groups in total. The molecular formula is C12H15ClN2O2S. The van der Waals surface area contributed by atoms with Crippen LogP contribution in [0, 0.1) is 19.3 Å². The lowest BCUT2D eigenvalue weighted by atomic mass is 10.1. The van der Waals surface area contributed by atoms with Gasteiger partial charge in [0.1, 0.15) is 0 Å². The highest BCUT2D eigenvalue weighted by Gasteiger charge is 2.23. The lowest BCUT2D eigenvalue weighted by Crippen LogP contribution is -2.28. The van der Waals surface area contributed by atoms with E-state index in [0.717, 1.165) is 4.31 Å². The van der Waals surface area contributed by atoms with E-state index in [1.807, 2.05) is 0 Å². The Kier molecular flexibility index (Phi) is 4.77. The maximum Gasteiger partial charge on any atom is 0.244 e. The highest BCUT2D eigenvalue weighted by Crippen LogP contribution is 2.26. The van der Waals surface area contributed by atoms with Gasteiger partial charge in [-0.05, 0) is 30.2 Å². The molecule has 0 radical (unpaired) electrons. The van der Waals surface area contributed by atoms with Gasteiger partial charge in [-0.3, -0.25) is 0 Å². The Morgan fingerprint density at radius 3 is 2.61 bits per heavy atom. The Bertz CT molecular complexity index is 591. The molecule has 6 heteroatoms. The highest BCUT2D eigenvalue weighted by atomic mass is 35.5. The minimum Gasteiger partial charge on any atom is -0.326 e. The average Bonchev–Trinajstić information content (AvgIpc) is 2.31. The van der Waals surface area contributed by atoms with Gasteiger partial charge in [-0.25, -0.2) is 8.42 Å². The molecule has 0 aliphatic rings. The van der Waals surface area contributed by atoms with Gasteiger partial charge >= 0.3 is 0 Å². The first-order valence-corrected chi connectivity index (χ1v) is 7.05. The van der Waals surface area contributed by atoms with E-state index in [-0.39, 0.29) is 18.0 Å². The largest absolute Gasteiger partial charge is 0.326 e. The molecule has 18 heavy (non-hydrogen) atoms. The molecule has 0 aliphatic heterocycles. The quantitative estimate of drug-likeness (QED) is 0.850. The number of benzene rings is 1. The Morgan fingerprint density at radius 2 is 2.11 bits per heavy atom. The fourth-order valence-corrected chi connectivity index (χ4v) is 3.25. The summed E-state index contributed by atoms with van der Waals surface area (Å²) in [5.74, 6) is 2.30. The summed E-state index contributed by atoms with van der Waals surface area (Å²) in [5.41, 5.74) is 6.87. The summed E-state index contributed by atoms with van der Waals surface area (Å²) in [6.07, 6.45) is 5.13. The van der Waals surface area contributed by atoms with Crippen LogP contribution in [0.15, 0.2) is 17.0 Å². The predicted octanol–water partition coefficient (Wildman–Crippen LogP) is 1.36. The zero-order chi connectivity index (χ0) is 13.9. The lowest BCUT2D eigenvalue weighted by Gasteiger charge is -2.18. The molecule has 0 aliphatic carbocycles. The minimum absolute atomic E-state index is 0.00620. The number of rotatable bonds is 4. The number of halogens is 1. The molecule has 0 saturated heterocycles. The van der Waals surface area contributed by atoms with Crippen LogP contribution >= 0.6 is 11.6 Å². The Morgan fingerprint density at radius 1 is 1.50 bits per heavy atom. The van der Waals surface area contributed by atoms with Crippen LogP contribution in [-0.2, 0) is 16.6 Å². The van der Waals surface area contributed by atoms with Crippen molar-refractivity contribution >= 4 is 21.6 Å². The zero-order valence-electron chi connectivity index (χ0n) is 10.3. The molecule has 1 aromatic rings. The smallest absolute Gasteiger partial charge is 0.244 e. The van der Waals surface area contributed by atoms with Crippen LogP contribution in [-0.4, -0.2) is 26.3 Å². The van der Waals surface area contributed by atoms with Crippen molar-refractivity contribution in [2.75, 3.05) is 13.6 Å². The first-order chi connectivity index (χ1) is 8.34. The fourth-order valence-electron chi connectivity index (χ4n) is 1.57. The molecule has 1 rings (SSSR count). The van der Waals surface area contributed by atoms with Crippen molar-refractivity contribution in [3.05, 3.63) is 28.3 Å². The summed E-state index contributed by atoms with van der Waals surface area (Å²) in [4.78, 5) is 0.146. The average molecular weight is 287 g/mol. The monoisotopic (exact) mass is 286 g/mol. The number of hydrogen-bond donors (Lipinski definition) is 1. The number of sulfonamides is 1. The summed E-state index contributed by atoms with van der Waals surface area (Å²) in [7, 11) is -2.21. The zero-order valence-corrected chi connectivity index (χ0v) is 11.8. The Hall–Kier alpha value is -1.06. The van der Waals surface area contributed by atoms with Crippen molar-refractivity contribution in [2.45, 2.75) is 18.4 Å². The topological polar surface area (TPSA) is 63.4 Å². The standard InChI is InChI=1S/C12H15ClN2O2S/c1-4-5-15(3)18(16,17)12-7-11(13)6-10(8-14)9(12)2/h1,6-7H,5,8,14H2,2-3H3. The maximum absolute atomic E-state index is 12.3. The first-order valence-electron chi connectivity index (χ1n) is 5.23. The van der Waals surface area contributed by atoms with E-state index in [0.29, 0.717) is 16.1 Å². The van der Waals surface area contributed by atoms with Gasteiger partial charge < -0.3 is 5.73 Å². The second-order valence-corrected chi connectivity index (χ2v) is 6.31. The number of terminal acetylenes is 1. The van der Waals surface area contributed by atoms with Crippen molar-refractivity contribution in [1.82, 2.24) is 4.31 Å². The van der Waals surface area contributed by atoms with Gasteiger partial charge in [0, 0.05) is 18.6 Å². The van der Waals surface area contributed by atoms with E-state index in [1.54, 1.807) is 13.0 Å². The van der Waals surface area contributed by atoms with E-state index in [1.165, 1.54) is 13.1 Å². The Balaban J connectivity index is 3.42. The molecule has 0 spiro atoms. The summed E-state index contributed by atoms with van der Waals surface area (Å²) >= 11 is 5.91. The third-order valence-corrected chi connectivity index (χ3v) is 4.80. The van der Waals surface area contributed by atoms with Crippen LogP contribution in [0.25, 0.3) is 0 Å². The molecule has 0 heterocycles. The van der Waals surface area contributed by atoms with Gasteiger partial charge in [0.15, 0.2) is 0 Å². The van der Waals surface area contributed by atoms with E-state index in [9.17, 15) is 8.42 Å². The van der Waals surface area contributed by atoms with E-state index >= 15 is 0 Å². The van der Waals surface area contributed by atoms with Crippen LogP contribution in [0.5, 0.6) is 0 Å². The molecule has 4 nitrogen and oxygen atoms in total. The molecule has 0 amide bonds. The third-order valence-electron chi connectivity index (χ3n) is 2.65. The second-order valence-electron chi connectivity index (χ2n) is 3.86. The summed E-state index contributed by atoms with van der Waals surface area (Å²) in [6.45, 7) is 1.94. The van der Waals surface area contributed by atoms with E-state index in [2.05, 4.69) is 5.92 Å². The van der Waals surface area contributed by atoms with Gasteiger partial charge in [-0.2, -0.15) is 4.31 Å². The molecule has 0 unspecified atom stereocenters.